The van der Waals surface area contributed by atoms with Crippen LogP contribution in [0, 0.1) is 5.82 Å². The molecule has 0 unspecified atom stereocenters. The van der Waals surface area contributed by atoms with Crippen LogP contribution in [0.1, 0.15) is 0 Å². The first kappa shape index (κ1) is 13.3. The Bertz CT molecular complexity index is 1220. The first-order chi connectivity index (χ1) is 11.8. The van der Waals surface area contributed by atoms with Crippen molar-refractivity contribution in [1.29, 1.82) is 0 Å². The first-order valence-electron chi connectivity index (χ1n) is 7.87. The van der Waals surface area contributed by atoms with Gasteiger partial charge in [0.05, 0.1) is 27.8 Å². The highest BCUT2D eigenvalue weighted by Crippen LogP contribution is 2.32. The summed E-state index contributed by atoms with van der Waals surface area (Å²) in [4.78, 5) is 4.77. The van der Waals surface area contributed by atoms with Crippen molar-refractivity contribution < 1.29 is 4.39 Å². The second-order valence-electron chi connectivity index (χ2n) is 5.85. The van der Waals surface area contributed by atoms with Gasteiger partial charge in [0, 0.05) is 10.9 Å². The van der Waals surface area contributed by atoms with E-state index >= 15 is 0 Å². The third-order valence-electron chi connectivity index (χ3n) is 4.44. The highest BCUT2D eigenvalue weighted by atomic mass is 19.1. The van der Waals surface area contributed by atoms with Crippen LogP contribution in [0.3, 0.4) is 0 Å². The number of fused-ring (bicyclic) bond motifs is 5. The van der Waals surface area contributed by atoms with Crippen molar-refractivity contribution in [2.45, 2.75) is 0 Å². The molecular weight excluding hydrogens is 299 g/mol. The van der Waals surface area contributed by atoms with Crippen LogP contribution in [0.5, 0.6) is 0 Å². The Hall–Kier alpha value is -3.20. The van der Waals surface area contributed by atoms with Gasteiger partial charge >= 0.3 is 0 Å². The van der Waals surface area contributed by atoms with Gasteiger partial charge in [-0.1, -0.05) is 42.5 Å². The molecule has 0 saturated carbocycles. The van der Waals surface area contributed by atoms with Gasteiger partial charge in [0.1, 0.15) is 5.82 Å². The van der Waals surface area contributed by atoms with Gasteiger partial charge in [-0.2, -0.15) is 0 Å². The predicted molar refractivity (Wildman–Crippen MR) is 95.6 cm³/mol. The number of benzene rings is 3. The van der Waals surface area contributed by atoms with Crippen LogP contribution in [-0.2, 0) is 0 Å². The minimum absolute atomic E-state index is 0.257. The SMILES string of the molecule is Fc1ccccc1-c1nc2ccccc2n2c1cc1ccccc12. The average Bonchev–Trinajstić information content (AvgIpc) is 3.01. The zero-order valence-electron chi connectivity index (χ0n) is 12.8. The Morgan fingerprint density at radius 2 is 1.42 bits per heavy atom. The molecule has 114 valence electrons. The van der Waals surface area contributed by atoms with E-state index < -0.39 is 0 Å². The Kier molecular flexibility index (Phi) is 2.71. The summed E-state index contributed by atoms with van der Waals surface area (Å²) in [6.45, 7) is 0. The molecule has 0 bridgehead atoms. The number of para-hydroxylation sites is 3. The number of hydrogen-bond donors (Lipinski definition) is 0. The fraction of sp³-hybridized carbons (Fsp3) is 0. The molecule has 0 spiro atoms. The molecule has 0 aliphatic rings. The van der Waals surface area contributed by atoms with Gasteiger partial charge in [-0.05, 0) is 36.4 Å². The van der Waals surface area contributed by atoms with Crippen LogP contribution >= 0.6 is 0 Å². The van der Waals surface area contributed by atoms with Crippen molar-refractivity contribution >= 4 is 27.5 Å². The van der Waals surface area contributed by atoms with Crippen molar-refractivity contribution in [3.63, 3.8) is 0 Å². The molecule has 5 aromatic rings. The standard InChI is InChI=1S/C21H13FN2/c22-16-9-3-2-8-15(16)21-20-13-14-7-1-5-11-18(14)24(20)19-12-6-4-10-17(19)23-21/h1-13H. The largest absolute Gasteiger partial charge is 0.306 e. The van der Waals surface area contributed by atoms with Crippen LogP contribution in [0.25, 0.3) is 38.7 Å². The van der Waals surface area contributed by atoms with Crippen LogP contribution < -0.4 is 0 Å². The molecule has 0 atom stereocenters. The van der Waals surface area contributed by atoms with E-state index in [0.29, 0.717) is 11.3 Å². The maximum Gasteiger partial charge on any atom is 0.132 e. The molecule has 0 fully saturated rings. The third-order valence-corrected chi connectivity index (χ3v) is 4.44. The smallest absolute Gasteiger partial charge is 0.132 e. The monoisotopic (exact) mass is 312 g/mol. The minimum atomic E-state index is -0.257. The van der Waals surface area contributed by atoms with Gasteiger partial charge in [0.15, 0.2) is 0 Å². The quantitative estimate of drug-likeness (QED) is 0.402. The summed E-state index contributed by atoms with van der Waals surface area (Å²) in [6.07, 6.45) is 0. The molecule has 0 saturated heterocycles. The van der Waals surface area contributed by atoms with E-state index in [4.69, 9.17) is 4.98 Å². The van der Waals surface area contributed by atoms with Crippen molar-refractivity contribution in [3.05, 3.63) is 84.7 Å². The Morgan fingerprint density at radius 3 is 2.29 bits per heavy atom. The van der Waals surface area contributed by atoms with Crippen LogP contribution in [-0.4, -0.2) is 9.38 Å². The molecule has 2 nitrogen and oxygen atoms in total. The van der Waals surface area contributed by atoms with Crippen molar-refractivity contribution in [3.8, 4) is 11.3 Å². The van der Waals surface area contributed by atoms with E-state index in [2.05, 4.69) is 22.6 Å². The van der Waals surface area contributed by atoms with Crippen LogP contribution in [0.2, 0.25) is 0 Å². The number of rotatable bonds is 1. The summed E-state index contributed by atoms with van der Waals surface area (Å²) in [6, 6.07) is 25.0. The van der Waals surface area contributed by atoms with Gasteiger partial charge in [-0.25, -0.2) is 9.37 Å². The Balaban J connectivity index is 2.05. The molecule has 3 aromatic carbocycles. The zero-order valence-corrected chi connectivity index (χ0v) is 12.8. The molecule has 0 aliphatic carbocycles. The van der Waals surface area contributed by atoms with Crippen LogP contribution in [0.15, 0.2) is 78.9 Å². The first-order valence-corrected chi connectivity index (χ1v) is 7.87. The number of aromatic nitrogens is 2. The summed E-state index contributed by atoms with van der Waals surface area (Å²) in [5, 5.41) is 1.12. The number of hydrogen-bond acceptors (Lipinski definition) is 1. The maximum atomic E-state index is 14.4. The average molecular weight is 312 g/mol. The summed E-state index contributed by atoms with van der Waals surface area (Å²) < 4.78 is 16.6. The lowest BCUT2D eigenvalue weighted by molar-refractivity contribution is 0.631. The van der Waals surface area contributed by atoms with E-state index in [1.54, 1.807) is 12.1 Å². The van der Waals surface area contributed by atoms with Crippen molar-refractivity contribution in [2.75, 3.05) is 0 Å². The Labute approximate surface area is 137 Å². The van der Waals surface area contributed by atoms with E-state index in [0.717, 1.165) is 27.5 Å². The third kappa shape index (κ3) is 1.78. The lowest BCUT2D eigenvalue weighted by atomic mass is 10.1. The second-order valence-corrected chi connectivity index (χ2v) is 5.85. The summed E-state index contributed by atoms with van der Waals surface area (Å²) in [5.74, 6) is -0.257. The summed E-state index contributed by atoms with van der Waals surface area (Å²) in [7, 11) is 0. The number of halogens is 1. The molecule has 2 aromatic heterocycles. The molecular formula is C21H13FN2. The van der Waals surface area contributed by atoms with E-state index in [-0.39, 0.29) is 5.82 Å². The van der Waals surface area contributed by atoms with E-state index in [1.165, 1.54) is 6.07 Å². The molecule has 24 heavy (non-hydrogen) atoms. The van der Waals surface area contributed by atoms with Gasteiger partial charge < -0.3 is 4.40 Å². The number of nitrogens with zero attached hydrogens (tertiary/aromatic N) is 2. The topological polar surface area (TPSA) is 17.3 Å². The van der Waals surface area contributed by atoms with Gasteiger partial charge in [0.25, 0.3) is 0 Å². The molecule has 0 radical (unpaired) electrons. The van der Waals surface area contributed by atoms with Crippen LogP contribution in [0.4, 0.5) is 4.39 Å². The fourth-order valence-electron chi connectivity index (χ4n) is 3.37. The molecule has 2 heterocycles. The fourth-order valence-corrected chi connectivity index (χ4v) is 3.37. The van der Waals surface area contributed by atoms with E-state index in [1.807, 2.05) is 42.5 Å². The van der Waals surface area contributed by atoms with Gasteiger partial charge in [0.2, 0.25) is 0 Å². The van der Waals surface area contributed by atoms with Gasteiger partial charge in [-0.15, -0.1) is 0 Å². The van der Waals surface area contributed by atoms with Crippen molar-refractivity contribution in [2.24, 2.45) is 0 Å². The maximum absolute atomic E-state index is 14.4. The molecule has 0 aliphatic heterocycles. The molecule has 0 N–H and O–H groups in total. The molecule has 3 heteroatoms. The van der Waals surface area contributed by atoms with Gasteiger partial charge in [-0.3, -0.25) is 0 Å². The second kappa shape index (κ2) is 4.90. The summed E-state index contributed by atoms with van der Waals surface area (Å²) >= 11 is 0. The Morgan fingerprint density at radius 1 is 0.708 bits per heavy atom. The lowest BCUT2D eigenvalue weighted by Gasteiger charge is -2.10. The highest BCUT2D eigenvalue weighted by molar-refractivity contribution is 5.98. The molecule has 0 amide bonds. The normalized spacial score (nSPS) is 11.5. The summed E-state index contributed by atoms with van der Waals surface area (Å²) in [5.41, 5.74) is 5.08. The highest BCUT2D eigenvalue weighted by Gasteiger charge is 2.15. The molecule has 5 rings (SSSR count). The minimum Gasteiger partial charge on any atom is -0.306 e. The predicted octanol–water partition coefficient (Wildman–Crippen LogP) is 5.45. The zero-order chi connectivity index (χ0) is 16.1. The lowest BCUT2D eigenvalue weighted by Crippen LogP contribution is -1.96. The van der Waals surface area contributed by atoms with Crippen molar-refractivity contribution in [1.82, 2.24) is 9.38 Å². The van der Waals surface area contributed by atoms with E-state index in [9.17, 15) is 4.39 Å².